The lowest BCUT2D eigenvalue weighted by Gasteiger charge is -2.08. The summed E-state index contributed by atoms with van der Waals surface area (Å²) >= 11 is 7.39. The van der Waals surface area contributed by atoms with Crippen molar-refractivity contribution in [3.05, 3.63) is 45.4 Å². The number of carboxylic acids is 1. The van der Waals surface area contributed by atoms with E-state index in [-0.39, 0.29) is 17.2 Å². The molecular weight excluding hydrogens is 262 g/mol. The maximum Gasteiger partial charge on any atom is 0.337 e. The molecule has 1 aromatic heterocycles. The molecule has 1 N–H and O–H groups in total. The Morgan fingerprint density at radius 1 is 1.53 bits per heavy atom. The zero-order valence-electron chi connectivity index (χ0n) is 8.59. The summed E-state index contributed by atoms with van der Waals surface area (Å²) < 4.78 is 5.42. The van der Waals surface area contributed by atoms with Crippen LogP contribution in [0.1, 0.15) is 16.1 Å². The second-order valence-electron chi connectivity index (χ2n) is 3.19. The SMILES string of the molecule is O=C(O)c1cccc(OCc2cscn2)c1Cl. The predicted octanol–water partition coefficient (Wildman–Crippen LogP) is 3.07. The van der Waals surface area contributed by atoms with Gasteiger partial charge in [0.1, 0.15) is 12.4 Å². The molecule has 0 fully saturated rings. The minimum Gasteiger partial charge on any atom is -0.486 e. The van der Waals surface area contributed by atoms with Crippen LogP contribution in [0, 0.1) is 0 Å². The van der Waals surface area contributed by atoms with E-state index in [1.807, 2.05) is 5.38 Å². The van der Waals surface area contributed by atoms with Crippen LogP contribution in [-0.4, -0.2) is 16.1 Å². The molecule has 88 valence electrons. The van der Waals surface area contributed by atoms with E-state index >= 15 is 0 Å². The third kappa shape index (κ3) is 2.75. The van der Waals surface area contributed by atoms with Crippen molar-refractivity contribution in [2.45, 2.75) is 6.61 Å². The smallest absolute Gasteiger partial charge is 0.337 e. The number of thiazole rings is 1. The molecule has 0 aliphatic heterocycles. The Bertz CT molecular complexity index is 528. The van der Waals surface area contributed by atoms with Crippen LogP contribution in [0.5, 0.6) is 5.75 Å². The average molecular weight is 270 g/mol. The van der Waals surface area contributed by atoms with Crippen molar-refractivity contribution in [1.29, 1.82) is 0 Å². The van der Waals surface area contributed by atoms with Crippen LogP contribution in [0.4, 0.5) is 0 Å². The molecule has 17 heavy (non-hydrogen) atoms. The van der Waals surface area contributed by atoms with Gasteiger partial charge in [-0.25, -0.2) is 9.78 Å². The number of aromatic carboxylic acids is 1. The number of hydrogen-bond donors (Lipinski definition) is 1. The predicted molar refractivity (Wildman–Crippen MR) is 64.9 cm³/mol. The standard InChI is InChI=1S/C11H8ClNO3S/c12-10-8(11(14)15)2-1-3-9(10)16-4-7-5-17-6-13-7/h1-3,5-6H,4H2,(H,14,15). The third-order valence-electron chi connectivity index (χ3n) is 2.05. The summed E-state index contributed by atoms with van der Waals surface area (Å²) in [6.45, 7) is 0.270. The zero-order valence-corrected chi connectivity index (χ0v) is 10.2. The molecule has 6 heteroatoms. The Labute approximate surface area is 106 Å². The van der Waals surface area contributed by atoms with E-state index in [1.165, 1.54) is 17.4 Å². The summed E-state index contributed by atoms with van der Waals surface area (Å²) in [7, 11) is 0. The van der Waals surface area contributed by atoms with E-state index in [0.29, 0.717) is 5.75 Å². The maximum atomic E-state index is 10.9. The van der Waals surface area contributed by atoms with E-state index in [9.17, 15) is 4.79 Å². The second-order valence-corrected chi connectivity index (χ2v) is 4.29. The normalized spacial score (nSPS) is 10.2. The fraction of sp³-hybridized carbons (Fsp3) is 0.0909. The largest absolute Gasteiger partial charge is 0.486 e. The van der Waals surface area contributed by atoms with Gasteiger partial charge in [-0.2, -0.15) is 0 Å². The van der Waals surface area contributed by atoms with Gasteiger partial charge in [-0.05, 0) is 12.1 Å². The molecule has 4 nitrogen and oxygen atoms in total. The highest BCUT2D eigenvalue weighted by Gasteiger charge is 2.13. The molecule has 0 saturated heterocycles. The van der Waals surface area contributed by atoms with Crippen LogP contribution in [0.3, 0.4) is 0 Å². The molecule has 1 aromatic carbocycles. The molecular formula is C11H8ClNO3S. The summed E-state index contributed by atoms with van der Waals surface area (Å²) in [5.41, 5.74) is 2.52. The summed E-state index contributed by atoms with van der Waals surface area (Å²) in [5.74, 6) is -0.728. The Morgan fingerprint density at radius 3 is 3.00 bits per heavy atom. The summed E-state index contributed by atoms with van der Waals surface area (Å²) in [5, 5.41) is 10.9. The summed E-state index contributed by atoms with van der Waals surface area (Å²) in [6.07, 6.45) is 0. The van der Waals surface area contributed by atoms with Crippen LogP contribution in [-0.2, 0) is 6.61 Å². The van der Waals surface area contributed by atoms with Gasteiger partial charge < -0.3 is 9.84 Å². The fourth-order valence-electron chi connectivity index (χ4n) is 1.25. The van der Waals surface area contributed by atoms with Gasteiger partial charge in [0, 0.05) is 5.38 Å². The van der Waals surface area contributed by atoms with Crippen molar-refractivity contribution in [2.75, 3.05) is 0 Å². The number of ether oxygens (including phenoxy) is 1. The minimum atomic E-state index is -1.07. The monoisotopic (exact) mass is 269 g/mol. The molecule has 2 rings (SSSR count). The first kappa shape index (κ1) is 11.9. The van der Waals surface area contributed by atoms with Gasteiger partial charge in [-0.3, -0.25) is 0 Å². The fourth-order valence-corrected chi connectivity index (χ4v) is 2.05. The van der Waals surface area contributed by atoms with Crippen LogP contribution in [0.2, 0.25) is 5.02 Å². The summed E-state index contributed by atoms with van der Waals surface area (Å²) in [6, 6.07) is 4.65. The van der Waals surface area contributed by atoms with Gasteiger partial charge in [0.25, 0.3) is 0 Å². The minimum absolute atomic E-state index is 0.0300. The number of carboxylic acid groups (broad SMARTS) is 1. The van der Waals surface area contributed by atoms with Crippen LogP contribution in [0.15, 0.2) is 29.1 Å². The van der Waals surface area contributed by atoms with Crippen LogP contribution >= 0.6 is 22.9 Å². The van der Waals surface area contributed by atoms with Crippen molar-refractivity contribution < 1.29 is 14.6 Å². The Balaban J connectivity index is 2.16. The van der Waals surface area contributed by atoms with Crippen LogP contribution < -0.4 is 4.74 Å². The van der Waals surface area contributed by atoms with Crippen molar-refractivity contribution in [1.82, 2.24) is 4.98 Å². The molecule has 0 aliphatic carbocycles. The number of carbonyl (C=O) groups is 1. The summed E-state index contributed by atoms with van der Waals surface area (Å²) in [4.78, 5) is 14.9. The molecule has 0 radical (unpaired) electrons. The number of rotatable bonds is 4. The van der Waals surface area contributed by atoms with E-state index < -0.39 is 5.97 Å². The average Bonchev–Trinajstić information content (AvgIpc) is 2.80. The quantitative estimate of drug-likeness (QED) is 0.927. The number of benzene rings is 1. The third-order valence-corrected chi connectivity index (χ3v) is 3.08. The lowest BCUT2D eigenvalue weighted by Crippen LogP contribution is -2.01. The Kier molecular flexibility index (Phi) is 3.61. The molecule has 2 aromatic rings. The number of hydrogen-bond acceptors (Lipinski definition) is 4. The molecule has 0 unspecified atom stereocenters. The highest BCUT2D eigenvalue weighted by molar-refractivity contribution is 7.07. The molecule has 0 saturated carbocycles. The molecule has 0 aliphatic rings. The van der Waals surface area contributed by atoms with Crippen molar-refractivity contribution >= 4 is 28.9 Å². The maximum absolute atomic E-state index is 10.9. The van der Waals surface area contributed by atoms with Gasteiger partial charge in [-0.1, -0.05) is 17.7 Å². The number of aromatic nitrogens is 1. The van der Waals surface area contributed by atoms with Gasteiger partial charge in [0.2, 0.25) is 0 Å². The van der Waals surface area contributed by atoms with E-state index in [1.54, 1.807) is 17.6 Å². The first-order valence-corrected chi connectivity index (χ1v) is 6.02. The molecule has 0 bridgehead atoms. The lowest BCUT2D eigenvalue weighted by atomic mass is 10.2. The highest BCUT2D eigenvalue weighted by Crippen LogP contribution is 2.28. The van der Waals surface area contributed by atoms with Crippen molar-refractivity contribution in [3.63, 3.8) is 0 Å². The van der Waals surface area contributed by atoms with Gasteiger partial charge >= 0.3 is 5.97 Å². The van der Waals surface area contributed by atoms with Gasteiger partial charge in [0.05, 0.1) is 21.8 Å². The first-order chi connectivity index (χ1) is 8.18. The Hall–Kier alpha value is -1.59. The molecule has 1 heterocycles. The van der Waals surface area contributed by atoms with E-state index in [4.69, 9.17) is 21.4 Å². The topological polar surface area (TPSA) is 59.4 Å². The lowest BCUT2D eigenvalue weighted by molar-refractivity contribution is 0.0696. The van der Waals surface area contributed by atoms with Crippen molar-refractivity contribution in [2.24, 2.45) is 0 Å². The van der Waals surface area contributed by atoms with Gasteiger partial charge in [0.15, 0.2) is 0 Å². The van der Waals surface area contributed by atoms with E-state index in [0.717, 1.165) is 5.69 Å². The molecule has 0 amide bonds. The zero-order chi connectivity index (χ0) is 12.3. The number of nitrogens with zero attached hydrogens (tertiary/aromatic N) is 1. The van der Waals surface area contributed by atoms with Crippen LogP contribution in [0.25, 0.3) is 0 Å². The molecule has 0 spiro atoms. The van der Waals surface area contributed by atoms with E-state index in [2.05, 4.69) is 4.98 Å². The Morgan fingerprint density at radius 2 is 2.35 bits per heavy atom. The molecule has 0 atom stereocenters. The number of halogens is 1. The first-order valence-electron chi connectivity index (χ1n) is 4.70. The van der Waals surface area contributed by atoms with Gasteiger partial charge in [-0.15, -0.1) is 11.3 Å². The highest BCUT2D eigenvalue weighted by atomic mass is 35.5. The second kappa shape index (κ2) is 5.16. The van der Waals surface area contributed by atoms with Crippen molar-refractivity contribution in [3.8, 4) is 5.75 Å².